The van der Waals surface area contributed by atoms with E-state index in [1.165, 1.54) is 11.8 Å². The fourth-order valence-corrected chi connectivity index (χ4v) is 3.37. The summed E-state index contributed by atoms with van der Waals surface area (Å²) >= 11 is 1.45. The molecule has 0 aliphatic carbocycles. The van der Waals surface area contributed by atoms with E-state index in [4.69, 9.17) is 11.5 Å². The number of carbonyl (C=O) groups is 5. The van der Waals surface area contributed by atoms with Gasteiger partial charge in [0.2, 0.25) is 23.6 Å². The van der Waals surface area contributed by atoms with Crippen molar-refractivity contribution in [2.45, 2.75) is 77.5 Å². The molecule has 0 aliphatic rings. The van der Waals surface area contributed by atoms with E-state index in [1.807, 2.05) is 20.1 Å². The molecule has 33 heavy (non-hydrogen) atoms. The highest BCUT2D eigenvalue weighted by molar-refractivity contribution is 7.98. The molecule has 0 saturated carbocycles. The maximum Gasteiger partial charge on any atom is 0.326 e. The van der Waals surface area contributed by atoms with Crippen molar-refractivity contribution < 1.29 is 29.1 Å². The molecule has 0 radical (unpaired) electrons. The molecule has 0 aromatic carbocycles. The van der Waals surface area contributed by atoms with Gasteiger partial charge in [-0.15, -0.1) is 0 Å². The summed E-state index contributed by atoms with van der Waals surface area (Å²) in [7, 11) is 0. The first kappa shape index (κ1) is 30.7. The van der Waals surface area contributed by atoms with Crippen LogP contribution in [0.2, 0.25) is 0 Å². The lowest BCUT2D eigenvalue weighted by Gasteiger charge is -2.28. The Morgan fingerprint density at radius 3 is 1.88 bits per heavy atom. The SMILES string of the molecule is CCC(C)C(N)C(=O)NC(CC(N)=O)C(=O)NC(C(=O)NC(CCSC)C(=O)O)C(C)CC. The van der Waals surface area contributed by atoms with E-state index in [0.29, 0.717) is 18.6 Å². The van der Waals surface area contributed by atoms with E-state index >= 15 is 0 Å². The average Bonchev–Trinajstić information content (AvgIpc) is 2.76. The second-order valence-electron chi connectivity index (χ2n) is 8.20. The van der Waals surface area contributed by atoms with Gasteiger partial charge in [0.1, 0.15) is 18.1 Å². The van der Waals surface area contributed by atoms with Crippen LogP contribution in [0.25, 0.3) is 0 Å². The molecule has 0 rings (SSSR count). The molecule has 6 atom stereocenters. The predicted molar refractivity (Wildman–Crippen MR) is 127 cm³/mol. The molecule has 0 spiro atoms. The van der Waals surface area contributed by atoms with Gasteiger partial charge in [-0.05, 0) is 30.3 Å². The highest BCUT2D eigenvalue weighted by atomic mass is 32.2. The summed E-state index contributed by atoms with van der Waals surface area (Å²) in [6.45, 7) is 7.19. The Kier molecular flexibility index (Phi) is 14.4. The zero-order valence-corrected chi connectivity index (χ0v) is 20.9. The summed E-state index contributed by atoms with van der Waals surface area (Å²) in [6.07, 6.45) is 2.71. The van der Waals surface area contributed by atoms with Gasteiger partial charge < -0.3 is 32.5 Å². The van der Waals surface area contributed by atoms with Crippen LogP contribution in [0.15, 0.2) is 0 Å². The Morgan fingerprint density at radius 1 is 0.879 bits per heavy atom. The van der Waals surface area contributed by atoms with Gasteiger partial charge in [0.25, 0.3) is 0 Å². The molecule has 0 aromatic rings. The normalized spacial score (nSPS) is 16.4. The minimum absolute atomic E-state index is 0.157. The minimum Gasteiger partial charge on any atom is -0.480 e. The lowest BCUT2D eigenvalue weighted by molar-refractivity contribution is -0.142. The summed E-state index contributed by atoms with van der Waals surface area (Å²) < 4.78 is 0. The molecule has 8 N–H and O–H groups in total. The van der Waals surface area contributed by atoms with Crippen molar-refractivity contribution >= 4 is 41.4 Å². The summed E-state index contributed by atoms with van der Waals surface area (Å²) in [5, 5.41) is 16.9. The number of primary amides is 1. The van der Waals surface area contributed by atoms with E-state index in [-0.39, 0.29) is 18.3 Å². The molecule has 0 bridgehead atoms. The van der Waals surface area contributed by atoms with Crippen LogP contribution in [0.3, 0.4) is 0 Å². The number of nitrogens with one attached hydrogen (secondary N) is 3. The fourth-order valence-electron chi connectivity index (χ4n) is 2.90. The summed E-state index contributed by atoms with van der Waals surface area (Å²) in [5.41, 5.74) is 11.2. The van der Waals surface area contributed by atoms with Crippen molar-refractivity contribution in [3.05, 3.63) is 0 Å². The number of aliphatic carboxylic acids is 1. The van der Waals surface area contributed by atoms with E-state index in [2.05, 4.69) is 16.0 Å². The largest absolute Gasteiger partial charge is 0.480 e. The quantitative estimate of drug-likeness (QED) is 0.168. The molecule has 0 aromatic heterocycles. The van der Waals surface area contributed by atoms with Crippen molar-refractivity contribution in [1.29, 1.82) is 0 Å². The number of carboxylic acid groups (broad SMARTS) is 1. The molecular weight excluding hydrogens is 450 g/mol. The number of amides is 4. The number of carboxylic acids is 1. The van der Waals surface area contributed by atoms with Gasteiger partial charge in [-0.2, -0.15) is 11.8 Å². The molecule has 11 nitrogen and oxygen atoms in total. The van der Waals surface area contributed by atoms with Crippen LogP contribution in [0.5, 0.6) is 0 Å². The highest BCUT2D eigenvalue weighted by Crippen LogP contribution is 2.11. The maximum atomic E-state index is 12.9. The second kappa shape index (κ2) is 15.5. The van der Waals surface area contributed by atoms with Crippen molar-refractivity contribution in [3.63, 3.8) is 0 Å². The van der Waals surface area contributed by atoms with Gasteiger partial charge in [0.05, 0.1) is 12.5 Å². The Morgan fingerprint density at radius 2 is 1.42 bits per heavy atom. The van der Waals surface area contributed by atoms with Crippen LogP contribution in [0.1, 0.15) is 53.4 Å². The Bertz CT molecular complexity index is 692. The van der Waals surface area contributed by atoms with Crippen molar-refractivity contribution in [2.24, 2.45) is 23.3 Å². The third-order valence-electron chi connectivity index (χ3n) is 5.62. The number of hydrogen-bond acceptors (Lipinski definition) is 7. The summed E-state index contributed by atoms with van der Waals surface area (Å²) in [4.78, 5) is 61.2. The van der Waals surface area contributed by atoms with E-state index in [9.17, 15) is 29.1 Å². The summed E-state index contributed by atoms with van der Waals surface area (Å²) in [5.74, 6) is -4.03. The van der Waals surface area contributed by atoms with Crippen molar-refractivity contribution in [2.75, 3.05) is 12.0 Å². The van der Waals surface area contributed by atoms with Gasteiger partial charge >= 0.3 is 5.97 Å². The third-order valence-corrected chi connectivity index (χ3v) is 6.26. The molecule has 4 amide bonds. The van der Waals surface area contributed by atoms with Crippen LogP contribution in [-0.2, 0) is 24.0 Å². The lowest BCUT2D eigenvalue weighted by atomic mass is 9.96. The molecule has 12 heteroatoms. The van der Waals surface area contributed by atoms with Gasteiger partial charge in [0.15, 0.2) is 0 Å². The number of carbonyl (C=O) groups excluding carboxylic acids is 4. The van der Waals surface area contributed by atoms with Crippen LogP contribution < -0.4 is 27.4 Å². The average molecular weight is 490 g/mol. The monoisotopic (exact) mass is 489 g/mol. The first-order valence-corrected chi connectivity index (χ1v) is 12.4. The molecular formula is C21H39N5O6S. The smallest absolute Gasteiger partial charge is 0.326 e. The number of nitrogens with two attached hydrogens (primary N) is 2. The highest BCUT2D eigenvalue weighted by Gasteiger charge is 2.33. The van der Waals surface area contributed by atoms with E-state index in [0.717, 1.165) is 0 Å². The number of hydrogen-bond donors (Lipinski definition) is 6. The maximum absolute atomic E-state index is 12.9. The van der Waals surface area contributed by atoms with Gasteiger partial charge in [0, 0.05) is 0 Å². The van der Waals surface area contributed by atoms with E-state index < -0.39 is 60.2 Å². The number of thioether (sulfide) groups is 1. The zero-order valence-electron chi connectivity index (χ0n) is 20.1. The van der Waals surface area contributed by atoms with Crippen LogP contribution in [0, 0.1) is 11.8 Å². The standard InChI is InChI=1S/C21H39N5O6S/c1-6-11(3)16(23)19(29)25-14(10-15(22)27)18(28)26-17(12(4)7-2)20(30)24-13(21(31)32)8-9-33-5/h11-14,16-17H,6-10,23H2,1-5H3,(H2,22,27)(H,24,30)(H,25,29)(H,26,28)(H,31,32). The predicted octanol–water partition coefficient (Wildman–Crippen LogP) is -0.427. The van der Waals surface area contributed by atoms with Crippen LogP contribution in [-0.4, -0.2) is 70.9 Å². The Balaban J connectivity index is 5.57. The molecule has 0 heterocycles. The second-order valence-corrected chi connectivity index (χ2v) is 9.18. The van der Waals surface area contributed by atoms with Gasteiger partial charge in [-0.3, -0.25) is 19.2 Å². The summed E-state index contributed by atoms with van der Waals surface area (Å²) in [6, 6.07) is -4.40. The van der Waals surface area contributed by atoms with Crippen LogP contribution >= 0.6 is 11.8 Å². The van der Waals surface area contributed by atoms with Crippen molar-refractivity contribution in [1.82, 2.24) is 16.0 Å². The minimum atomic E-state index is -1.32. The number of rotatable bonds is 16. The van der Waals surface area contributed by atoms with Gasteiger partial charge in [-0.25, -0.2) is 4.79 Å². The lowest BCUT2D eigenvalue weighted by Crippen LogP contribution is -2.59. The Hall–Kier alpha value is -2.34. The first-order valence-electron chi connectivity index (χ1n) is 11.1. The molecule has 6 unspecified atom stereocenters. The molecule has 0 aliphatic heterocycles. The molecule has 0 fully saturated rings. The zero-order chi connectivity index (χ0) is 25.7. The van der Waals surface area contributed by atoms with Gasteiger partial charge in [-0.1, -0.05) is 40.5 Å². The fraction of sp³-hybridized carbons (Fsp3) is 0.762. The van der Waals surface area contributed by atoms with Crippen LogP contribution in [0.4, 0.5) is 0 Å². The first-order chi connectivity index (χ1) is 15.4. The van der Waals surface area contributed by atoms with E-state index in [1.54, 1.807) is 13.8 Å². The van der Waals surface area contributed by atoms with Crippen molar-refractivity contribution in [3.8, 4) is 0 Å². The molecule has 190 valence electrons. The topological polar surface area (TPSA) is 194 Å². The third kappa shape index (κ3) is 10.9. The molecule has 0 saturated heterocycles. The Labute approximate surface area is 199 Å².